The molecular formula is C25H29ClN4O7S. The van der Waals surface area contributed by atoms with Crippen molar-refractivity contribution in [2.45, 2.75) is 37.2 Å². The Balaban J connectivity index is 1.42. The Kier molecular flexibility index (Phi) is 7.27. The predicted octanol–water partition coefficient (Wildman–Crippen LogP) is 2.55. The average Bonchev–Trinajstić information content (AvgIpc) is 3.34. The number of rotatable bonds is 8. The Morgan fingerprint density at radius 3 is 2.61 bits per heavy atom. The Morgan fingerprint density at radius 1 is 1.13 bits per heavy atom. The number of aromatic hydroxyl groups is 1. The number of nitrogens with one attached hydrogen (secondary N) is 2. The molecule has 2 fully saturated rings. The SMILES string of the molecule is CC[C@@H](Nc1c(Nc2ccc(Cl)c(S(=O)(=O)N3CCN4CCOCC4C3)c2O)c(=O)c1=O)c1ccc(C)o1. The van der Waals surface area contributed by atoms with E-state index in [1.54, 1.807) is 19.1 Å². The number of benzene rings is 1. The molecule has 204 valence electrons. The van der Waals surface area contributed by atoms with Crippen molar-refractivity contribution in [2.24, 2.45) is 0 Å². The summed E-state index contributed by atoms with van der Waals surface area (Å²) in [6.45, 7) is 6.45. The molecule has 2 atom stereocenters. The molecule has 2 aliphatic heterocycles. The monoisotopic (exact) mass is 564 g/mol. The highest BCUT2D eigenvalue weighted by molar-refractivity contribution is 7.89. The minimum atomic E-state index is -4.18. The molecule has 0 aliphatic carbocycles. The third-order valence-electron chi connectivity index (χ3n) is 7.08. The molecule has 0 spiro atoms. The third kappa shape index (κ3) is 4.71. The van der Waals surface area contributed by atoms with E-state index in [9.17, 15) is 23.1 Å². The molecule has 3 heterocycles. The van der Waals surface area contributed by atoms with Gasteiger partial charge in [-0.15, -0.1) is 0 Å². The Morgan fingerprint density at radius 2 is 1.89 bits per heavy atom. The molecule has 13 heteroatoms. The highest BCUT2D eigenvalue weighted by atomic mass is 35.5. The third-order valence-corrected chi connectivity index (χ3v) is 9.45. The number of ether oxygens (including phenoxy) is 1. The molecule has 2 aliphatic rings. The maximum atomic E-state index is 13.6. The van der Waals surface area contributed by atoms with Gasteiger partial charge in [0.25, 0.3) is 10.9 Å². The van der Waals surface area contributed by atoms with Crippen LogP contribution in [0.25, 0.3) is 0 Å². The van der Waals surface area contributed by atoms with Crippen LogP contribution in [0.2, 0.25) is 5.02 Å². The summed E-state index contributed by atoms with van der Waals surface area (Å²) in [7, 11) is -4.18. The van der Waals surface area contributed by atoms with Gasteiger partial charge in [0, 0.05) is 32.2 Å². The van der Waals surface area contributed by atoms with Crippen LogP contribution in [0.1, 0.15) is 30.9 Å². The number of piperazine rings is 1. The van der Waals surface area contributed by atoms with Crippen LogP contribution in [-0.4, -0.2) is 68.2 Å². The minimum Gasteiger partial charge on any atom is -0.504 e. The van der Waals surface area contributed by atoms with Gasteiger partial charge in [-0.2, -0.15) is 4.31 Å². The van der Waals surface area contributed by atoms with Crippen LogP contribution in [0.5, 0.6) is 5.75 Å². The molecule has 0 radical (unpaired) electrons. The van der Waals surface area contributed by atoms with Crippen LogP contribution < -0.4 is 21.5 Å². The fraction of sp³-hybridized carbons (Fsp3) is 0.440. The van der Waals surface area contributed by atoms with Gasteiger partial charge in [-0.05, 0) is 37.6 Å². The number of hydrogen-bond acceptors (Lipinski definition) is 10. The molecule has 3 N–H and O–H groups in total. The van der Waals surface area contributed by atoms with Crippen LogP contribution in [-0.2, 0) is 14.8 Å². The van der Waals surface area contributed by atoms with E-state index in [0.29, 0.717) is 37.7 Å². The number of aryl methyl sites for hydroxylation is 1. The van der Waals surface area contributed by atoms with E-state index in [-0.39, 0.29) is 47.3 Å². The average molecular weight is 565 g/mol. The number of fused-ring (bicyclic) bond motifs is 1. The molecule has 11 nitrogen and oxygen atoms in total. The van der Waals surface area contributed by atoms with Crippen molar-refractivity contribution < 1.29 is 22.7 Å². The van der Waals surface area contributed by atoms with Crippen molar-refractivity contribution in [1.29, 1.82) is 0 Å². The van der Waals surface area contributed by atoms with Crippen LogP contribution >= 0.6 is 11.6 Å². The number of furan rings is 1. The lowest BCUT2D eigenvalue weighted by molar-refractivity contribution is -0.0304. The first-order chi connectivity index (χ1) is 18.1. The Bertz CT molecular complexity index is 1530. The number of morpholine rings is 1. The number of phenolic OH excluding ortho intramolecular Hbond substituents is 1. The summed E-state index contributed by atoms with van der Waals surface area (Å²) in [5.74, 6) is 0.684. The zero-order valence-corrected chi connectivity index (χ0v) is 22.6. The highest BCUT2D eigenvalue weighted by Gasteiger charge is 2.38. The standard InChI is InChI=1S/C25H29ClN4O7S/c1-3-17(19-7-4-14(2)37-19)27-20-21(24(33)23(20)32)28-18-6-5-16(26)25(22(18)31)38(34,35)30-9-8-29-10-11-36-13-15(29)12-30/h4-7,15,17,27-28,31H,3,8-13H2,1-2H3/t15?,17-/m1/s1. The first-order valence-corrected chi connectivity index (χ1v) is 14.2. The van der Waals surface area contributed by atoms with E-state index in [4.69, 9.17) is 20.8 Å². The number of nitrogens with zero attached hydrogens (tertiary/aromatic N) is 2. The van der Waals surface area contributed by atoms with Crippen molar-refractivity contribution in [1.82, 2.24) is 9.21 Å². The largest absolute Gasteiger partial charge is 0.504 e. The first kappa shape index (κ1) is 26.7. The molecule has 0 amide bonds. The van der Waals surface area contributed by atoms with Gasteiger partial charge in [-0.25, -0.2) is 8.42 Å². The zero-order chi connectivity index (χ0) is 27.2. The maximum absolute atomic E-state index is 13.6. The Hall–Kier alpha value is -2.90. The van der Waals surface area contributed by atoms with Gasteiger partial charge in [-0.1, -0.05) is 18.5 Å². The van der Waals surface area contributed by atoms with E-state index in [1.165, 1.54) is 16.4 Å². The second-order valence-electron chi connectivity index (χ2n) is 9.49. The number of halogens is 1. The van der Waals surface area contributed by atoms with Crippen LogP contribution in [0.3, 0.4) is 0 Å². The molecule has 2 aromatic carbocycles. The number of anilines is 3. The summed E-state index contributed by atoms with van der Waals surface area (Å²) >= 11 is 6.28. The number of phenols is 1. The van der Waals surface area contributed by atoms with Gasteiger partial charge in [0.15, 0.2) is 5.75 Å². The molecule has 38 heavy (non-hydrogen) atoms. The fourth-order valence-electron chi connectivity index (χ4n) is 4.93. The van der Waals surface area contributed by atoms with Crippen molar-refractivity contribution in [2.75, 3.05) is 50.0 Å². The molecular weight excluding hydrogens is 536 g/mol. The topological polar surface area (TPSA) is 141 Å². The highest BCUT2D eigenvalue weighted by Crippen LogP contribution is 2.41. The van der Waals surface area contributed by atoms with Crippen LogP contribution in [0.15, 0.2) is 43.2 Å². The Labute approximate surface area is 224 Å². The van der Waals surface area contributed by atoms with E-state index in [2.05, 4.69) is 15.5 Å². The second-order valence-corrected chi connectivity index (χ2v) is 11.8. The molecule has 2 saturated heterocycles. The lowest BCUT2D eigenvalue weighted by Crippen LogP contribution is -2.59. The first-order valence-electron chi connectivity index (χ1n) is 12.4. The van der Waals surface area contributed by atoms with Crippen molar-refractivity contribution >= 4 is 38.7 Å². The number of sulfonamides is 1. The fourth-order valence-corrected chi connectivity index (χ4v) is 6.99. The molecule has 0 bridgehead atoms. The van der Waals surface area contributed by atoms with Crippen LogP contribution in [0.4, 0.5) is 17.1 Å². The van der Waals surface area contributed by atoms with E-state index in [1.807, 2.05) is 6.92 Å². The normalized spacial score (nSPS) is 19.8. The quantitative estimate of drug-likeness (QED) is 0.276. The van der Waals surface area contributed by atoms with E-state index >= 15 is 0 Å². The molecule has 1 aromatic heterocycles. The van der Waals surface area contributed by atoms with Crippen molar-refractivity contribution in [3.05, 3.63) is 61.3 Å². The van der Waals surface area contributed by atoms with E-state index in [0.717, 1.165) is 6.54 Å². The van der Waals surface area contributed by atoms with Gasteiger partial charge in [-0.3, -0.25) is 14.5 Å². The minimum absolute atomic E-state index is 0.0306. The summed E-state index contributed by atoms with van der Waals surface area (Å²) in [5, 5.41) is 16.7. The van der Waals surface area contributed by atoms with Gasteiger partial charge in [0.1, 0.15) is 27.8 Å². The summed E-state index contributed by atoms with van der Waals surface area (Å²) in [6, 6.07) is 5.82. The second kappa shape index (κ2) is 10.3. The summed E-state index contributed by atoms with van der Waals surface area (Å²) in [6.07, 6.45) is 0.569. The molecule has 3 aromatic rings. The van der Waals surface area contributed by atoms with Gasteiger partial charge >= 0.3 is 0 Å². The lowest BCUT2D eigenvalue weighted by Gasteiger charge is -2.43. The molecule has 5 rings (SSSR count). The zero-order valence-electron chi connectivity index (χ0n) is 21.0. The molecule has 1 unspecified atom stereocenters. The van der Waals surface area contributed by atoms with Crippen LogP contribution in [0, 0.1) is 6.92 Å². The lowest BCUT2D eigenvalue weighted by atomic mass is 10.1. The summed E-state index contributed by atoms with van der Waals surface area (Å²) in [4.78, 5) is 26.6. The van der Waals surface area contributed by atoms with Crippen molar-refractivity contribution in [3.8, 4) is 5.75 Å². The van der Waals surface area contributed by atoms with E-state index < -0.39 is 31.5 Å². The smallest absolute Gasteiger partial charge is 0.253 e. The number of hydrogen-bond donors (Lipinski definition) is 3. The maximum Gasteiger partial charge on any atom is 0.253 e. The van der Waals surface area contributed by atoms with Gasteiger partial charge < -0.3 is 24.9 Å². The summed E-state index contributed by atoms with van der Waals surface area (Å²) < 4.78 is 39.6. The van der Waals surface area contributed by atoms with Gasteiger partial charge in [0.2, 0.25) is 10.0 Å². The summed E-state index contributed by atoms with van der Waals surface area (Å²) in [5.41, 5.74) is -1.62. The molecule has 0 saturated carbocycles. The predicted molar refractivity (Wildman–Crippen MR) is 143 cm³/mol. The van der Waals surface area contributed by atoms with Gasteiger partial charge in [0.05, 0.1) is 30.0 Å². The van der Waals surface area contributed by atoms with Crippen molar-refractivity contribution in [3.63, 3.8) is 0 Å².